The van der Waals surface area contributed by atoms with Gasteiger partial charge in [0, 0.05) is 11.9 Å². The Morgan fingerprint density at radius 2 is 2.42 bits per heavy atom. The Morgan fingerprint density at radius 1 is 1.58 bits per heavy atom. The molecule has 1 aromatic heterocycles. The van der Waals surface area contributed by atoms with Crippen molar-refractivity contribution in [3.05, 3.63) is 11.1 Å². The Kier molecular flexibility index (Phi) is 4.48. The van der Waals surface area contributed by atoms with Gasteiger partial charge in [-0.2, -0.15) is 0 Å². The minimum Gasteiger partial charge on any atom is -0.315 e. The molecule has 1 aromatic rings. The van der Waals surface area contributed by atoms with Crippen LogP contribution in [0.1, 0.15) is 31.4 Å². The van der Waals surface area contributed by atoms with E-state index >= 15 is 0 Å². The fourth-order valence-corrected chi connectivity index (χ4v) is 4.01. The van der Waals surface area contributed by atoms with E-state index in [9.17, 15) is 4.79 Å². The van der Waals surface area contributed by atoms with Gasteiger partial charge in [-0.25, -0.2) is 4.98 Å². The van der Waals surface area contributed by atoms with Crippen LogP contribution in [0.15, 0.2) is 5.38 Å². The summed E-state index contributed by atoms with van der Waals surface area (Å²) in [5, 5.41) is 9.13. The van der Waals surface area contributed by atoms with Crippen LogP contribution in [0, 0.1) is 18.3 Å². The monoisotopic (exact) mass is 301 g/mol. The highest BCUT2D eigenvalue weighted by Crippen LogP contribution is 2.44. The van der Waals surface area contributed by atoms with Crippen molar-refractivity contribution in [2.45, 2.75) is 32.6 Å². The van der Waals surface area contributed by atoms with Gasteiger partial charge in [0.1, 0.15) is 0 Å². The molecule has 106 valence electrons. The summed E-state index contributed by atoms with van der Waals surface area (Å²) in [5.41, 5.74) is 0.787. The first-order valence-electron chi connectivity index (χ1n) is 6.65. The number of carbonyl (C=O) groups excluding carboxylic acids is 1. The van der Waals surface area contributed by atoms with E-state index in [1.54, 1.807) is 0 Å². The van der Waals surface area contributed by atoms with Crippen molar-refractivity contribution < 1.29 is 4.79 Å². The topological polar surface area (TPSA) is 54.0 Å². The van der Waals surface area contributed by atoms with Crippen LogP contribution in [0.4, 0.5) is 5.13 Å². The van der Waals surface area contributed by atoms with Gasteiger partial charge in [-0.1, -0.05) is 12.8 Å². The smallest absolute Gasteiger partial charge is 0.233 e. The Labute approximate surface area is 123 Å². The molecular formula is C13H20ClN3OS. The maximum absolute atomic E-state index is 12.6. The molecule has 3 rings (SSSR count). The third kappa shape index (κ3) is 2.64. The Balaban J connectivity index is 0.00000133. The van der Waals surface area contributed by atoms with Crippen molar-refractivity contribution in [3.63, 3.8) is 0 Å². The Morgan fingerprint density at radius 3 is 3.16 bits per heavy atom. The summed E-state index contributed by atoms with van der Waals surface area (Å²) in [7, 11) is 0. The molecular weight excluding hydrogens is 282 g/mol. The van der Waals surface area contributed by atoms with E-state index < -0.39 is 0 Å². The third-order valence-corrected chi connectivity index (χ3v) is 5.21. The first-order chi connectivity index (χ1) is 8.71. The van der Waals surface area contributed by atoms with Crippen molar-refractivity contribution in [2.75, 3.05) is 18.4 Å². The number of nitrogens with one attached hydrogen (secondary N) is 2. The van der Waals surface area contributed by atoms with Gasteiger partial charge < -0.3 is 10.6 Å². The predicted molar refractivity (Wildman–Crippen MR) is 80.0 cm³/mol. The van der Waals surface area contributed by atoms with E-state index in [0.717, 1.165) is 30.3 Å². The van der Waals surface area contributed by atoms with Crippen molar-refractivity contribution >= 4 is 34.8 Å². The summed E-state index contributed by atoms with van der Waals surface area (Å²) < 4.78 is 0. The molecule has 1 saturated heterocycles. The van der Waals surface area contributed by atoms with Crippen molar-refractivity contribution in [3.8, 4) is 0 Å². The number of anilines is 1. The lowest BCUT2D eigenvalue weighted by Gasteiger charge is -2.36. The zero-order chi connectivity index (χ0) is 12.6. The maximum atomic E-state index is 12.6. The van der Waals surface area contributed by atoms with Crippen molar-refractivity contribution in [1.29, 1.82) is 0 Å². The van der Waals surface area contributed by atoms with E-state index in [4.69, 9.17) is 0 Å². The molecule has 6 heteroatoms. The standard InChI is InChI=1S/C13H19N3OS.ClH/c1-9-7-18-12(15-9)16-11(17)13-5-3-2-4-10(13)6-14-8-13;/h7,10,14H,2-6,8H2,1H3,(H,15,16,17);1H/t10-,13+;/m0./s1. The van der Waals surface area contributed by atoms with Gasteiger partial charge in [-0.15, -0.1) is 23.7 Å². The Hall–Kier alpha value is -0.650. The van der Waals surface area contributed by atoms with E-state index in [1.807, 2.05) is 12.3 Å². The molecule has 2 heterocycles. The molecule has 2 atom stereocenters. The van der Waals surface area contributed by atoms with Crippen LogP contribution in [-0.4, -0.2) is 24.0 Å². The van der Waals surface area contributed by atoms with Crippen LogP contribution in [-0.2, 0) is 4.79 Å². The molecule has 0 radical (unpaired) electrons. The van der Waals surface area contributed by atoms with Crippen LogP contribution in [0.25, 0.3) is 0 Å². The average Bonchev–Trinajstić information content (AvgIpc) is 2.96. The zero-order valence-corrected chi connectivity index (χ0v) is 12.7. The normalized spacial score (nSPS) is 29.4. The van der Waals surface area contributed by atoms with Gasteiger partial charge in [0.25, 0.3) is 0 Å². The van der Waals surface area contributed by atoms with Crippen LogP contribution in [0.5, 0.6) is 0 Å². The van der Waals surface area contributed by atoms with E-state index in [1.165, 1.54) is 30.6 Å². The molecule has 19 heavy (non-hydrogen) atoms. The SMILES string of the molecule is Cc1csc(NC(=O)[C@@]23CCCC[C@H]2CNC3)n1.Cl. The first-order valence-corrected chi connectivity index (χ1v) is 7.53. The van der Waals surface area contributed by atoms with Gasteiger partial charge >= 0.3 is 0 Å². The van der Waals surface area contributed by atoms with Crippen molar-refractivity contribution in [2.24, 2.45) is 11.3 Å². The number of rotatable bonds is 2. The number of amides is 1. The third-order valence-electron chi connectivity index (χ3n) is 4.33. The van der Waals surface area contributed by atoms with Gasteiger partial charge in [0.15, 0.2) is 5.13 Å². The lowest BCUT2D eigenvalue weighted by atomic mass is 9.68. The van der Waals surface area contributed by atoms with Crippen molar-refractivity contribution in [1.82, 2.24) is 10.3 Å². The molecule has 1 aliphatic heterocycles. The number of hydrogen-bond acceptors (Lipinski definition) is 4. The largest absolute Gasteiger partial charge is 0.315 e. The highest BCUT2D eigenvalue weighted by atomic mass is 35.5. The number of nitrogens with zero attached hydrogens (tertiary/aromatic N) is 1. The van der Waals surface area contributed by atoms with Crippen LogP contribution >= 0.6 is 23.7 Å². The van der Waals surface area contributed by atoms with Crippen LogP contribution in [0.3, 0.4) is 0 Å². The number of fused-ring (bicyclic) bond motifs is 1. The molecule has 4 nitrogen and oxygen atoms in total. The molecule has 1 aliphatic carbocycles. The first kappa shape index (κ1) is 14.8. The fraction of sp³-hybridized carbons (Fsp3) is 0.692. The van der Waals surface area contributed by atoms with Gasteiger partial charge in [0.2, 0.25) is 5.91 Å². The second kappa shape index (κ2) is 5.77. The van der Waals surface area contributed by atoms with E-state index in [2.05, 4.69) is 15.6 Å². The summed E-state index contributed by atoms with van der Waals surface area (Å²) in [6.07, 6.45) is 4.62. The molecule has 0 spiro atoms. The van der Waals surface area contributed by atoms with Gasteiger partial charge in [-0.3, -0.25) is 4.79 Å². The van der Waals surface area contributed by atoms with E-state index in [-0.39, 0.29) is 23.7 Å². The molecule has 2 N–H and O–H groups in total. The quantitative estimate of drug-likeness (QED) is 0.883. The predicted octanol–water partition coefficient (Wildman–Crippen LogP) is 2.59. The fourth-order valence-electron chi connectivity index (χ4n) is 3.32. The molecule has 1 saturated carbocycles. The lowest BCUT2D eigenvalue weighted by Crippen LogP contribution is -2.44. The van der Waals surface area contributed by atoms with Crippen LogP contribution < -0.4 is 10.6 Å². The highest BCUT2D eigenvalue weighted by Gasteiger charge is 2.49. The number of carbonyl (C=O) groups is 1. The second-order valence-corrected chi connectivity index (χ2v) is 6.34. The maximum Gasteiger partial charge on any atom is 0.233 e. The summed E-state index contributed by atoms with van der Waals surface area (Å²) in [6.45, 7) is 3.77. The van der Waals surface area contributed by atoms with Crippen LogP contribution in [0.2, 0.25) is 0 Å². The number of aryl methyl sites for hydroxylation is 1. The number of hydrogen-bond donors (Lipinski definition) is 2. The molecule has 0 aromatic carbocycles. The van der Waals surface area contributed by atoms with E-state index in [0.29, 0.717) is 5.92 Å². The summed E-state index contributed by atoms with van der Waals surface area (Å²) >= 11 is 1.51. The van der Waals surface area contributed by atoms with Gasteiger partial charge in [0.05, 0.1) is 11.1 Å². The number of aromatic nitrogens is 1. The molecule has 0 bridgehead atoms. The molecule has 2 fully saturated rings. The number of halogens is 1. The molecule has 0 unspecified atom stereocenters. The number of thiazole rings is 1. The zero-order valence-electron chi connectivity index (χ0n) is 11.1. The highest BCUT2D eigenvalue weighted by molar-refractivity contribution is 7.13. The minimum atomic E-state index is -0.183. The summed E-state index contributed by atoms with van der Waals surface area (Å²) in [4.78, 5) is 16.9. The van der Waals surface area contributed by atoms with Gasteiger partial charge in [-0.05, 0) is 32.2 Å². The summed E-state index contributed by atoms with van der Waals surface area (Å²) in [5.74, 6) is 0.679. The molecule has 1 amide bonds. The lowest BCUT2D eigenvalue weighted by molar-refractivity contribution is -0.128. The second-order valence-electron chi connectivity index (χ2n) is 5.48. The molecule has 2 aliphatic rings. The minimum absolute atomic E-state index is 0. The Bertz CT molecular complexity index is 464. The summed E-state index contributed by atoms with van der Waals surface area (Å²) in [6, 6.07) is 0. The average molecular weight is 302 g/mol.